The fraction of sp³-hybridized carbons (Fsp3) is 0.200. The zero-order chi connectivity index (χ0) is 13.8. The molecule has 0 saturated heterocycles. The van der Waals surface area contributed by atoms with Crippen LogP contribution in [0.15, 0.2) is 36.4 Å². The van der Waals surface area contributed by atoms with E-state index < -0.39 is 0 Å². The molecule has 2 aromatic carbocycles. The summed E-state index contributed by atoms with van der Waals surface area (Å²) < 4.78 is 10.1. The van der Waals surface area contributed by atoms with Gasteiger partial charge in [-0.1, -0.05) is 12.1 Å². The standard InChI is InChI=1S/C15H16O4/c1-18-14-6-4-10(8-13(14)17)7-11-3-5-12(16)15(9-11)19-2/h3-6,8-9,16-17H,7H2,1-2H3. The van der Waals surface area contributed by atoms with E-state index in [1.807, 2.05) is 12.1 Å². The molecule has 0 aliphatic rings. The van der Waals surface area contributed by atoms with Crippen molar-refractivity contribution in [2.75, 3.05) is 14.2 Å². The Balaban J connectivity index is 2.23. The van der Waals surface area contributed by atoms with E-state index in [9.17, 15) is 10.2 Å². The Morgan fingerprint density at radius 1 is 0.789 bits per heavy atom. The number of phenols is 2. The summed E-state index contributed by atoms with van der Waals surface area (Å²) in [6.45, 7) is 0. The van der Waals surface area contributed by atoms with Crippen LogP contribution in [0.4, 0.5) is 0 Å². The second kappa shape index (κ2) is 5.52. The molecule has 0 aliphatic carbocycles. The Morgan fingerprint density at radius 2 is 1.42 bits per heavy atom. The normalized spacial score (nSPS) is 10.2. The molecule has 0 bridgehead atoms. The van der Waals surface area contributed by atoms with Gasteiger partial charge in [-0.25, -0.2) is 0 Å². The Hall–Kier alpha value is -2.36. The minimum atomic E-state index is 0.115. The van der Waals surface area contributed by atoms with Gasteiger partial charge < -0.3 is 19.7 Å². The van der Waals surface area contributed by atoms with Crippen LogP contribution in [0.5, 0.6) is 23.0 Å². The maximum Gasteiger partial charge on any atom is 0.160 e. The molecule has 0 amide bonds. The van der Waals surface area contributed by atoms with Crippen molar-refractivity contribution in [1.29, 1.82) is 0 Å². The highest BCUT2D eigenvalue weighted by molar-refractivity contribution is 5.46. The largest absolute Gasteiger partial charge is 0.504 e. The van der Waals surface area contributed by atoms with Gasteiger partial charge in [0.05, 0.1) is 14.2 Å². The van der Waals surface area contributed by atoms with Crippen LogP contribution >= 0.6 is 0 Å². The lowest BCUT2D eigenvalue weighted by Crippen LogP contribution is -1.91. The Morgan fingerprint density at radius 3 is 2.05 bits per heavy atom. The van der Waals surface area contributed by atoms with E-state index in [2.05, 4.69) is 0 Å². The molecule has 0 heterocycles. The zero-order valence-electron chi connectivity index (χ0n) is 10.9. The van der Waals surface area contributed by atoms with Gasteiger partial charge in [-0.2, -0.15) is 0 Å². The van der Waals surface area contributed by atoms with E-state index in [1.54, 1.807) is 24.3 Å². The summed E-state index contributed by atoms with van der Waals surface area (Å²) in [5.41, 5.74) is 1.94. The first kappa shape index (κ1) is 13.1. The molecule has 100 valence electrons. The summed E-state index contributed by atoms with van der Waals surface area (Å²) in [7, 11) is 3.03. The molecule has 0 saturated carbocycles. The molecule has 0 radical (unpaired) electrons. The summed E-state index contributed by atoms with van der Waals surface area (Å²) in [6.07, 6.45) is 0.633. The predicted molar refractivity (Wildman–Crippen MR) is 72.1 cm³/mol. The molecule has 19 heavy (non-hydrogen) atoms. The maximum absolute atomic E-state index is 9.72. The summed E-state index contributed by atoms with van der Waals surface area (Å²) in [4.78, 5) is 0. The van der Waals surface area contributed by atoms with E-state index >= 15 is 0 Å². The van der Waals surface area contributed by atoms with Crippen molar-refractivity contribution in [3.05, 3.63) is 47.5 Å². The molecule has 0 unspecified atom stereocenters. The minimum Gasteiger partial charge on any atom is -0.504 e. The first-order valence-electron chi connectivity index (χ1n) is 5.86. The second-order valence-electron chi connectivity index (χ2n) is 4.19. The van der Waals surface area contributed by atoms with Gasteiger partial charge in [0.2, 0.25) is 0 Å². The molecule has 4 nitrogen and oxygen atoms in total. The number of phenolic OH excluding ortho intramolecular Hbond substituents is 2. The summed E-state index contributed by atoms with van der Waals surface area (Å²) >= 11 is 0. The van der Waals surface area contributed by atoms with Crippen LogP contribution in [0, 0.1) is 0 Å². The van der Waals surface area contributed by atoms with Gasteiger partial charge in [-0.05, 0) is 41.8 Å². The number of methoxy groups -OCH3 is 2. The highest BCUT2D eigenvalue weighted by Gasteiger charge is 2.06. The van der Waals surface area contributed by atoms with Crippen LogP contribution in [0.1, 0.15) is 11.1 Å². The summed E-state index contributed by atoms with van der Waals surface area (Å²) in [5, 5.41) is 19.3. The van der Waals surface area contributed by atoms with Gasteiger partial charge in [0.1, 0.15) is 0 Å². The first-order valence-corrected chi connectivity index (χ1v) is 5.86. The van der Waals surface area contributed by atoms with E-state index in [-0.39, 0.29) is 11.5 Å². The molecule has 0 atom stereocenters. The van der Waals surface area contributed by atoms with Crippen molar-refractivity contribution < 1.29 is 19.7 Å². The molecule has 2 aromatic rings. The van der Waals surface area contributed by atoms with Crippen molar-refractivity contribution in [2.24, 2.45) is 0 Å². The number of hydrogen-bond donors (Lipinski definition) is 2. The third-order valence-electron chi connectivity index (χ3n) is 2.90. The van der Waals surface area contributed by atoms with Crippen LogP contribution in [-0.4, -0.2) is 24.4 Å². The van der Waals surface area contributed by atoms with Crippen LogP contribution in [0.3, 0.4) is 0 Å². The van der Waals surface area contributed by atoms with Gasteiger partial charge in [-0.15, -0.1) is 0 Å². The van der Waals surface area contributed by atoms with Crippen molar-refractivity contribution in [3.8, 4) is 23.0 Å². The van der Waals surface area contributed by atoms with Gasteiger partial charge in [0, 0.05) is 0 Å². The third kappa shape index (κ3) is 2.91. The van der Waals surface area contributed by atoms with Crippen molar-refractivity contribution in [1.82, 2.24) is 0 Å². The highest BCUT2D eigenvalue weighted by atomic mass is 16.5. The average Bonchev–Trinajstić information content (AvgIpc) is 2.41. The molecule has 0 aromatic heterocycles. The molecule has 0 aliphatic heterocycles. The van der Waals surface area contributed by atoms with E-state index in [1.165, 1.54) is 14.2 Å². The molecular formula is C15H16O4. The second-order valence-corrected chi connectivity index (χ2v) is 4.19. The van der Waals surface area contributed by atoms with Crippen LogP contribution in [-0.2, 0) is 6.42 Å². The average molecular weight is 260 g/mol. The Kier molecular flexibility index (Phi) is 3.80. The smallest absolute Gasteiger partial charge is 0.160 e. The van der Waals surface area contributed by atoms with Crippen LogP contribution < -0.4 is 9.47 Å². The molecule has 0 fully saturated rings. The number of aromatic hydroxyl groups is 2. The third-order valence-corrected chi connectivity index (χ3v) is 2.90. The molecular weight excluding hydrogens is 244 g/mol. The zero-order valence-corrected chi connectivity index (χ0v) is 10.9. The van der Waals surface area contributed by atoms with E-state index in [0.717, 1.165) is 11.1 Å². The Bertz CT molecular complexity index is 578. The number of rotatable bonds is 4. The fourth-order valence-electron chi connectivity index (χ4n) is 1.91. The fourth-order valence-corrected chi connectivity index (χ4v) is 1.91. The van der Waals surface area contributed by atoms with Gasteiger partial charge in [0.25, 0.3) is 0 Å². The lowest BCUT2D eigenvalue weighted by Gasteiger charge is -2.08. The maximum atomic E-state index is 9.72. The van der Waals surface area contributed by atoms with Crippen LogP contribution in [0.2, 0.25) is 0 Å². The predicted octanol–water partition coefficient (Wildman–Crippen LogP) is 2.71. The van der Waals surface area contributed by atoms with Gasteiger partial charge in [0.15, 0.2) is 23.0 Å². The summed E-state index contributed by atoms with van der Waals surface area (Å²) in [5.74, 6) is 1.12. The Labute approximate surface area is 111 Å². The van der Waals surface area contributed by atoms with Crippen LogP contribution in [0.25, 0.3) is 0 Å². The van der Waals surface area contributed by atoms with Gasteiger partial charge >= 0.3 is 0 Å². The van der Waals surface area contributed by atoms with Gasteiger partial charge in [-0.3, -0.25) is 0 Å². The topological polar surface area (TPSA) is 58.9 Å². The number of hydrogen-bond acceptors (Lipinski definition) is 4. The molecule has 2 N–H and O–H groups in total. The lowest BCUT2D eigenvalue weighted by molar-refractivity contribution is 0.372. The van der Waals surface area contributed by atoms with E-state index in [0.29, 0.717) is 17.9 Å². The SMILES string of the molecule is COc1ccc(Cc2ccc(O)c(OC)c2)cc1O. The summed E-state index contributed by atoms with van der Waals surface area (Å²) in [6, 6.07) is 10.5. The molecule has 4 heteroatoms. The highest BCUT2D eigenvalue weighted by Crippen LogP contribution is 2.30. The monoisotopic (exact) mass is 260 g/mol. The van der Waals surface area contributed by atoms with Crippen molar-refractivity contribution >= 4 is 0 Å². The quantitative estimate of drug-likeness (QED) is 0.887. The number of benzene rings is 2. The molecule has 2 rings (SSSR count). The molecule has 0 spiro atoms. The van der Waals surface area contributed by atoms with Crippen molar-refractivity contribution in [2.45, 2.75) is 6.42 Å². The van der Waals surface area contributed by atoms with E-state index in [4.69, 9.17) is 9.47 Å². The minimum absolute atomic E-state index is 0.115. The first-order chi connectivity index (χ1) is 9.13. The van der Waals surface area contributed by atoms with Crippen molar-refractivity contribution in [3.63, 3.8) is 0 Å². The lowest BCUT2D eigenvalue weighted by atomic mass is 10.0. The number of ether oxygens (including phenoxy) is 2.